The van der Waals surface area contributed by atoms with E-state index in [9.17, 15) is 4.79 Å². The molecule has 0 aliphatic carbocycles. The van der Waals surface area contributed by atoms with E-state index >= 15 is 0 Å². The molecule has 5 nitrogen and oxygen atoms in total. The number of aromatic nitrogens is 2. The zero-order chi connectivity index (χ0) is 17.5. The van der Waals surface area contributed by atoms with Crippen molar-refractivity contribution in [3.63, 3.8) is 0 Å². The Hall–Kier alpha value is -1.18. The third kappa shape index (κ3) is 5.43. The van der Waals surface area contributed by atoms with Gasteiger partial charge in [-0.25, -0.2) is 9.97 Å². The molecule has 0 aliphatic heterocycles. The van der Waals surface area contributed by atoms with Crippen molar-refractivity contribution < 1.29 is 9.53 Å². The largest absolute Gasteiger partial charge is 0.381 e. The van der Waals surface area contributed by atoms with E-state index < -0.39 is 0 Å². The quantitative estimate of drug-likeness (QED) is 0.417. The number of carbonyl (C=O) groups is 1. The maximum atomic E-state index is 12.0. The third-order valence-corrected chi connectivity index (χ3v) is 5.61. The average molecular weight is 368 g/mol. The molecule has 1 N–H and O–H groups in total. The molecule has 0 saturated carbocycles. The van der Waals surface area contributed by atoms with E-state index in [1.807, 2.05) is 0 Å². The molecule has 132 valence electrons. The first-order valence-corrected chi connectivity index (χ1v) is 9.97. The van der Waals surface area contributed by atoms with Crippen LogP contribution in [0.5, 0.6) is 0 Å². The standard InChI is InChI=1S/C17H25N3O2S2/c1-11(2)8-22-7-5-6-18-14(21)9-23-16-15-12(3)13(4)24-17(15)20-10-19-16/h10-11H,5-9H2,1-4H3,(H,18,21). The third-order valence-electron chi connectivity index (χ3n) is 3.51. The number of nitrogens with one attached hydrogen (secondary N) is 1. The molecule has 0 aromatic carbocycles. The number of hydrogen-bond donors (Lipinski definition) is 1. The Morgan fingerprint density at radius 1 is 1.38 bits per heavy atom. The van der Waals surface area contributed by atoms with Crippen molar-refractivity contribution in [2.24, 2.45) is 5.92 Å². The number of rotatable bonds is 9. The normalized spacial score (nSPS) is 11.4. The van der Waals surface area contributed by atoms with Crippen LogP contribution in [0.15, 0.2) is 11.4 Å². The first-order valence-electron chi connectivity index (χ1n) is 8.17. The van der Waals surface area contributed by atoms with Gasteiger partial charge in [-0.2, -0.15) is 0 Å². The molecule has 0 saturated heterocycles. The van der Waals surface area contributed by atoms with Crippen LogP contribution in [0.3, 0.4) is 0 Å². The number of amides is 1. The minimum absolute atomic E-state index is 0.0280. The summed E-state index contributed by atoms with van der Waals surface area (Å²) in [6, 6.07) is 0. The van der Waals surface area contributed by atoms with Gasteiger partial charge in [0.2, 0.25) is 5.91 Å². The number of aryl methyl sites for hydroxylation is 2. The maximum absolute atomic E-state index is 12.0. The summed E-state index contributed by atoms with van der Waals surface area (Å²) in [7, 11) is 0. The van der Waals surface area contributed by atoms with Crippen LogP contribution in [0.25, 0.3) is 10.2 Å². The molecule has 0 aliphatic rings. The van der Waals surface area contributed by atoms with E-state index in [0.29, 0.717) is 24.8 Å². The lowest BCUT2D eigenvalue weighted by molar-refractivity contribution is -0.118. The summed E-state index contributed by atoms with van der Waals surface area (Å²) in [6.07, 6.45) is 2.41. The minimum Gasteiger partial charge on any atom is -0.381 e. The molecule has 0 spiro atoms. The van der Waals surface area contributed by atoms with E-state index in [1.54, 1.807) is 17.7 Å². The molecule has 0 radical (unpaired) electrons. The Morgan fingerprint density at radius 2 is 2.17 bits per heavy atom. The molecule has 0 atom stereocenters. The molecule has 24 heavy (non-hydrogen) atoms. The summed E-state index contributed by atoms with van der Waals surface area (Å²) in [5.41, 5.74) is 1.21. The van der Waals surface area contributed by atoms with E-state index in [4.69, 9.17) is 4.74 Å². The Bertz CT molecular complexity index is 686. The highest BCUT2D eigenvalue weighted by Gasteiger charge is 2.13. The smallest absolute Gasteiger partial charge is 0.230 e. The zero-order valence-corrected chi connectivity index (χ0v) is 16.4. The summed E-state index contributed by atoms with van der Waals surface area (Å²) in [6.45, 7) is 10.5. The van der Waals surface area contributed by atoms with Crippen LogP contribution >= 0.6 is 23.1 Å². The van der Waals surface area contributed by atoms with E-state index in [1.165, 1.54) is 22.2 Å². The van der Waals surface area contributed by atoms with Gasteiger partial charge in [0.1, 0.15) is 16.2 Å². The van der Waals surface area contributed by atoms with Crippen LogP contribution in [0.1, 0.15) is 30.7 Å². The molecular formula is C17H25N3O2S2. The summed E-state index contributed by atoms with van der Waals surface area (Å²) in [4.78, 5) is 22.9. The number of nitrogens with zero attached hydrogens (tertiary/aromatic N) is 2. The van der Waals surface area contributed by atoms with Gasteiger partial charge in [0.25, 0.3) is 0 Å². The molecule has 1 amide bonds. The Morgan fingerprint density at radius 3 is 2.92 bits per heavy atom. The second kappa shape index (κ2) is 9.34. The van der Waals surface area contributed by atoms with Gasteiger partial charge in [-0.05, 0) is 31.7 Å². The summed E-state index contributed by atoms with van der Waals surface area (Å²) in [5, 5.41) is 4.90. The lowest BCUT2D eigenvalue weighted by Gasteiger charge is -2.08. The van der Waals surface area contributed by atoms with Gasteiger partial charge in [-0.3, -0.25) is 4.79 Å². The Kier molecular flexibility index (Phi) is 7.45. The second-order valence-electron chi connectivity index (χ2n) is 6.10. The zero-order valence-electron chi connectivity index (χ0n) is 14.7. The van der Waals surface area contributed by atoms with Gasteiger partial charge >= 0.3 is 0 Å². The lowest BCUT2D eigenvalue weighted by atomic mass is 10.2. The first-order chi connectivity index (χ1) is 11.5. The van der Waals surface area contributed by atoms with Crippen LogP contribution < -0.4 is 5.32 Å². The van der Waals surface area contributed by atoms with E-state index in [2.05, 4.69) is 43.0 Å². The molecule has 2 rings (SSSR count). The van der Waals surface area contributed by atoms with Crippen molar-refractivity contribution in [1.82, 2.24) is 15.3 Å². The fourth-order valence-corrected chi connectivity index (χ4v) is 4.11. The van der Waals surface area contributed by atoms with Crippen molar-refractivity contribution in [1.29, 1.82) is 0 Å². The number of carbonyl (C=O) groups excluding carboxylic acids is 1. The summed E-state index contributed by atoms with van der Waals surface area (Å²) < 4.78 is 5.50. The van der Waals surface area contributed by atoms with Crippen LogP contribution in [0, 0.1) is 19.8 Å². The van der Waals surface area contributed by atoms with Crippen molar-refractivity contribution in [2.75, 3.05) is 25.5 Å². The molecule has 0 bridgehead atoms. The van der Waals surface area contributed by atoms with Crippen molar-refractivity contribution in [3.05, 3.63) is 16.8 Å². The van der Waals surface area contributed by atoms with Gasteiger partial charge in [0.15, 0.2) is 0 Å². The fraction of sp³-hybridized carbons (Fsp3) is 0.588. The molecule has 7 heteroatoms. The van der Waals surface area contributed by atoms with Crippen LogP contribution in [0.4, 0.5) is 0 Å². The molecule has 0 unspecified atom stereocenters. The second-order valence-corrected chi connectivity index (χ2v) is 8.27. The molecule has 2 heterocycles. The highest BCUT2D eigenvalue weighted by atomic mass is 32.2. The van der Waals surface area contributed by atoms with Gasteiger partial charge in [-0.15, -0.1) is 11.3 Å². The number of thiophene rings is 1. The SMILES string of the molecule is Cc1sc2ncnc(SCC(=O)NCCCOCC(C)C)c2c1C. The maximum Gasteiger partial charge on any atom is 0.230 e. The van der Waals surface area contributed by atoms with Gasteiger partial charge in [0.05, 0.1) is 5.75 Å². The highest BCUT2D eigenvalue weighted by Crippen LogP contribution is 2.34. The van der Waals surface area contributed by atoms with Crippen LogP contribution in [0.2, 0.25) is 0 Å². The van der Waals surface area contributed by atoms with Crippen LogP contribution in [-0.4, -0.2) is 41.4 Å². The van der Waals surface area contributed by atoms with Crippen LogP contribution in [-0.2, 0) is 9.53 Å². The monoisotopic (exact) mass is 367 g/mol. The predicted octanol–water partition coefficient (Wildman–Crippen LogP) is 3.58. The van der Waals surface area contributed by atoms with E-state index in [0.717, 1.165) is 28.3 Å². The summed E-state index contributed by atoms with van der Waals surface area (Å²) in [5.74, 6) is 0.943. The molecule has 2 aromatic rings. The summed E-state index contributed by atoms with van der Waals surface area (Å²) >= 11 is 3.14. The van der Waals surface area contributed by atoms with Gasteiger partial charge in [-0.1, -0.05) is 25.6 Å². The molecule has 0 fully saturated rings. The molecular weight excluding hydrogens is 342 g/mol. The topological polar surface area (TPSA) is 64.1 Å². The minimum atomic E-state index is 0.0280. The number of ether oxygens (including phenoxy) is 1. The van der Waals surface area contributed by atoms with Crippen molar-refractivity contribution in [3.8, 4) is 0 Å². The highest BCUT2D eigenvalue weighted by molar-refractivity contribution is 8.00. The number of fused-ring (bicyclic) bond motifs is 1. The lowest BCUT2D eigenvalue weighted by Crippen LogP contribution is -2.27. The fourth-order valence-electron chi connectivity index (χ4n) is 2.17. The van der Waals surface area contributed by atoms with E-state index in [-0.39, 0.29) is 5.91 Å². The average Bonchev–Trinajstić information content (AvgIpc) is 2.83. The van der Waals surface area contributed by atoms with Crippen molar-refractivity contribution in [2.45, 2.75) is 39.1 Å². The Balaban J connectivity index is 1.76. The molecule has 2 aromatic heterocycles. The number of thioether (sulfide) groups is 1. The Labute approximate surface area is 151 Å². The predicted molar refractivity (Wildman–Crippen MR) is 101 cm³/mol. The van der Waals surface area contributed by atoms with Gasteiger partial charge in [0, 0.05) is 30.0 Å². The number of hydrogen-bond acceptors (Lipinski definition) is 6. The first kappa shape index (κ1) is 19.1. The van der Waals surface area contributed by atoms with Gasteiger partial charge < -0.3 is 10.1 Å². The van der Waals surface area contributed by atoms with Crippen molar-refractivity contribution >= 4 is 39.2 Å².